The number of aliphatic carboxylic acids is 2. The largest absolute Gasteiger partial charge is 0.481 e. The van der Waals surface area contributed by atoms with E-state index in [9.17, 15) is 29.1 Å². The van der Waals surface area contributed by atoms with Crippen molar-refractivity contribution in [1.82, 2.24) is 30.7 Å². The highest BCUT2D eigenvalue weighted by atomic mass is 16.5. The van der Waals surface area contributed by atoms with Gasteiger partial charge in [-0.25, -0.2) is 20.2 Å². The first-order chi connectivity index (χ1) is 17.1. The number of nitrogens with one attached hydrogen (secondary N) is 4. The van der Waals surface area contributed by atoms with Crippen LogP contribution < -0.4 is 27.4 Å². The van der Waals surface area contributed by atoms with Crippen LogP contribution in [0.3, 0.4) is 0 Å². The minimum atomic E-state index is -1.52. The summed E-state index contributed by atoms with van der Waals surface area (Å²) in [6.45, 7) is 0.0365. The molecule has 9 N–H and O–H groups in total. The van der Waals surface area contributed by atoms with Gasteiger partial charge in [0, 0.05) is 12.1 Å². The van der Waals surface area contributed by atoms with E-state index in [1.165, 1.54) is 29.9 Å². The number of hydrogen-bond acceptors (Lipinski definition) is 11. The van der Waals surface area contributed by atoms with Gasteiger partial charge in [0.15, 0.2) is 11.2 Å². The van der Waals surface area contributed by atoms with Gasteiger partial charge in [-0.3, -0.25) is 29.4 Å². The van der Waals surface area contributed by atoms with Crippen LogP contribution >= 0.6 is 0 Å². The number of anilines is 2. The van der Waals surface area contributed by atoms with Gasteiger partial charge in [0.05, 0.1) is 29.6 Å². The Kier molecular flexibility index (Phi) is 7.70. The lowest BCUT2D eigenvalue weighted by Crippen LogP contribution is -2.41. The highest BCUT2D eigenvalue weighted by Crippen LogP contribution is 2.18. The number of rotatable bonds is 10. The molecule has 2 aromatic heterocycles. The Hall–Kier alpha value is -5.12. The van der Waals surface area contributed by atoms with Crippen LogP contribution in [-0.4, -0.2) is 65.2 Å². The minimum absolute atomic E-state index is 0.0354. The van der Waals surface area contributed by atoms with Crippen molar-refractivity contribution in [3.63, 3.8) is 0 Å². The number of carbonyl (C=O) groups excluding carboxylic acids is 2. The average molecular weight is 500 g/mol. The molecule has 36 heavy (non-hydrogen) atoms. The summed E-state index contributed by atoms with van der Waals surface area (Å²) in [6, 6.07) is 2.31. The third-order valence-electron chi connectivity index (χ3n) is 4.82. The van der Waals surface area contributed by atoms with Crippen LogP contribution in [0.25, 0.3) is 11.2 Å². The van der Waals surface area contributed by atoms with Crippen molar-refractivity contribution in [3.8, 4) is 0 Å². The molecule has 0 bridgehead atoms. The number of nitrogens with two attached hydrogens (primary N) is 1. The Morgan fingerprint density at radius 2 is 1.83 bits per heavy atom. The predicted octanol–water partition coefficient (Wildman–Crippen LogP) is -0.926. The zero-order valence-electron chi connectivity index (χ0n) is 18.3. The van der Waals surface area contributed by atoms with Gasteiger partial charge in [0.25, 0.3) is 17.4 Å². The van der Waals surface area contributed by atoms with Gasteiger partial charge in [0.1, 0.15) is 6.04 Å². The number of H-pyrrole nitrogens is 1. The standard InChI is InChI=1S/C20H20N8O8/c21-20-26-15-14(18(33)27-20)24-9(7-23-15)6-22-8-1-2-10(11(5-8)17(32)28-36)16(31)25-12(19(34)35)3-4-13(29)30/h1-2,5,7,12,22,36H,3-4,6H2,(H,25,31)(H,28,32)(H,29,30)(H,34,35)(H3,21,23,26,27,33). The van der Waals surface area contributed by atoms with E-state index in [1.54, 1.807) is 0 Å². The van der Waals surface area contributed by atoms with Crippen LogP contribution in [0.2, 0.25) is 0 Å². The molecule has 1 atom stereocenters. The SMILES string of the molecule is Nc1nc2ncc(CNc3ccc(C(=O)NC(CCC(=O)O)C(=O)O)c(C(=O)NO)c3)nc2c(=O)[nH]1. The number of carboxylic acid groups (broad SMARTS) is 2. The number of carbonyl (C=O) groups is 4. The molecule has 0 fully saturated rings. The molecule has 0 spiro atoms. The molecule has 2 heterocycles. The molecule has 0 saturated carbocycles. The second-order valence-electron chi connectivity index (χ2n) is 7.34. The lowest BCUT2D eigenvalue weighted by molar-refractivity contribution is -0.140. The van der Waals surface area contributed by atoms with Gasteiger partial charge >= 0.3 is 11.9 Å². The predicted molar refractivity (Wildman–Crippen MR) is 121 cm³/mol. The third-order valence-corrected chi connectivity index (χ3v) is 4.82. The average Bonchev–Trinajstić information content (AvgIpc) is 2.84. The molecule has 0 saturated heterocycles. The summed E-state index contributed by atoms with van der Waals surface area (Å²) < 4.78 is 0. The summed E-state index contributed by atoms with van der Waals surface area (Å²) in [7, 11) is 0. The van der Waals surface area contributed by atoms with Crippen molar-refractivity contribution in [2.45, 2.75) is 25.4 Å². The lowest BCUT2D eigenvalue weighted by Gasteiger charge is -2.16. The molecule has 188 valence electrons. The molecule has 0 aliphatic heterocycles. The van der Waals surface area contributed by atoms with E-state index in [-0.39, 0.29) is 41.2 Å². The fourth-order valence-electron chi connectivity index (χ4n) is 3.11. The van der Waals surface area contributed by atoms with Crippen molar-refractivity contribution >= 4 is 46.6 Å². The van der Waals surface area contributed by atoms with Gasteiger partial charge in [-0.05, 0) is 24.6 Å². The van der Waals surface area contributed by atoms with Gasteiger partial charge in [0.2, 0.25) is 5.95 Å². The molecule has 16 nitrogen and oxygen atoms in total. The Morgan fingerprint density at radius 3 is 2.50 bits per heavy atom. The number of hydrogen-bond donors (Lipinski definition) is 8. The van der Waals surface area contributed by atoms with Crippen LogP contribution in [0, 0.1) is 0 Å². The van der Waals surface area contributed by atoms with E-state index in [4.69, 9.17) is 16.0 Å². The van der Waals surface area contributed by atoms with Gasteiger partial charge in [-0.15, -0.1) is 0 Å². The molecule has 0 aliphatic rings. The number of aromatic nitrogens is 4. The van der Waals surface area contributed by atoms with Crippen molar-refractivity contribution in [3.05, 3.63) is 51.6 Å². The van der Waals surface area contributed by atoms with Crippen LogP contribution in [0.5, 0.6) is 0 Å². The summed E-state index contributed by atoms with van der Waals surface area (Å²) in [5, 5.41) is 32.2. The van der Waals surface area contributed by atoms with Crippen LogP contribution in [0.4, 0.5) is 11.6 Å². The summed E-state index contributed by atoms with van der Waals surface area (Å²) in [5.74, 6) is -4.83. The number of amides is 2. The third kappa shape index (κ3) is 6.06. The molecule has 16 heteroatoms. The van der Waals surface area contributed by atoms with Gasteiger partial charge in [-0.2, -0.15) is 4.98 Å². The molecule has 1 unspecified atom stereocenters. The number of nitrogen functional groups attached to an aromatic ring is 1. The summed E-state index contributed by atoms with van der Waals surface area (Å²) >= 11 is 0. The Labute approximate surface area is 200 Å². The van der Waals surface area contributed by atoms with Crippen molar-refractivity contribution in [2.75, 3.05) is 11.1 Å². The summed E-state index contributed by atoms with van der Waals surface area (Å²) in [5.41, 5.74) is 6.38. The second-order valence-corrected chi connectivity index (χ2v) is 7.34. The maximum absolute atomic E-state index is 12.6. The number of benzene rings is 1. The number of carboxylic acids is 2. The highest BCUT2D eigenvalue weighted by molar-refractivity contribution is 6.08. The summed E-state index contributed by atoms with van der Waals surface area (Å²) in [4.78, 5) is 73.3. The van der Waals surface area contributed by atoms with Crippen molar-refractivity contribution in [1.29, 1.82) is 0 Å². The fraction of sp³-hybridized carbons (Fsp3) is 0.200. The molecular formula is C20H20N8O8. The van der Waals surface area contributed by atoms with Crippen LogP contribution in [0.1, 0.15) is 39.3 Å². The number of nitrogens with zero attached hydrogens (tertiary/aromatic N) is 3. The van der Waals surface area contributed by atoms with Crippen molar-refractivity contribution < 1.29 is 34.6 Å². The van der Waals surface area contributed by atoms with E-state index in [0.717, 1.165) is 0 Å². The van der Waals surface area contributed by atoms with E-state index in [0.29, 0.717) is 11.4 Å². The molecular weight excluding hydrogens is 480 g/mol. The quantitative estimate of drug-likeness (QED) is 0.124. The lowest BCUT2D eigenvalue weighted by atomic mass is 10.0. The Bertz CT molecular complexity index is 1410. The first-order valence-electron chi connectivity index (χ1n) is 10.2. The zero-order valence-corrected chi connectivity index (χ0v) is 18.3. The highest BCUT2D eigenvalue weighted by Gasteiger charge is 2.24. The first kappa shape index (κ1) is 25.5. The molecule has 1 aromatic carbocycles. The number of hydroxylamine groups is 1. The van der Waals surface area contributed by atoms with E-state index in [2.05, 4.69) is 30.6 Å². The molecule has 2 amide bonds. The maximum atomic E-state index is 12.6. The second kappa shape index (κ2) is 10.9. The molecule has 0 aliphatic carbocycles. The van der Waals surface area contributed by atoms with E-state index < -0.39 is 41.8 Å². The molecule has 0 radical (unpaired) electrons. The van der Waals surface area contributed by atoms with E-state index in [1.807, 2.05) is 0 Å². The Balaban J connectivity index is 1.81. The number of aromatic amines is 1. The topological polar surface area (TPSA) is 263 Å². The monoisotopic (exact) mass is 500 g/mol. The minimum Gasteiger partial charge on any atom is -0.481 e. The zero-order chi connectivity index (χ0) is 26.4. The van der Waals surface area contributed by atoms with E-state index >= 15 is 0 Å². The maximum Gasteiger partial charge on any atom is 0.326 e. The molecule has 3 aromatic rings. The first-order valence-corrected chi connectivity index (χ1v) is 10.2. The Morgan fingerprint density at radius 1 is 1.08 bits per heavy atom. The number of fused-ring (bicyclic) bond motifs is 1. The van der Waals surface area contributed by atoms with Crippen LogP contribution in [0.15, 0.2) is 29.2 Å². The summed E-state index contributed by atoms with van der Waals surface area (Å²) in [6.07, 6.45) is 0.472. The van der Waals surface area contributed by atoms with Gasteiger partial charge < -0.3 is 26.6 Å². The van der Waals surface area contributed by atoms with Crippen LogP contribution in [-0.2, 0) is 16.1 Å². The molecule has 3 rings (SSSR count). The fourth-order valence-corrected chi connectivity index (χ4v) is 3.11. The normalized spacial score (nSPS) is 11.5. The smallest absolute Gasteiger partial charge is 0.326 e. The van der Waals surface area contributed by atoms with Crippen molar-refractivity contribution in [2.24, 2.45) is 0 Å². The van der Waals surface area contributed by atoms with Gasteiger partial charge in [-0.1, -0.05) is 0 Å².